The van der Waals surface area contributed by atoms with Gasteiger partial charge >= 0.3 is 0 Å². The molecular weight excluding hydrogens is 152 g/mol. The number of allylic oxidation sites excluding steroid dienone is 1. The van der Waals surface area contributed by atoms with Gasteiger partial charge in [-0.25, -0.2) is 9.98 Å². The van der Waals surface area contributed by atoms with Gasteiger partial charge in [0.1, 0.15) is 5.35 Å². The monoisotopic (exact) mass is 160 g/mol. The molecule has 0 N–H and O–H groups in total. The summed E-state index contributed by atoms with van der Waals surface area (Å²) in [5, 5.41) is 0.834. The van der Waals surface area contributed by atoms with Crippen molar-refractivity contribution in [1.82, 2.24) is 4.98 Å². The summed E-state index contributed by atoms with van der Waals surface area (Å²) < 4.78 is 5.21. The van der Waals surface area contributed by atoms with E-state index < -0.39 is 0 Å². The first-order chi connectivity index (χ1) is 5.92. The van der Waals surface area contributed by atoms with Crippen LogP contribution in [0.25, 0.3) is 11.8 Å². The van der Waals surface area contributed by atoms with Gasteiger partial charge in [-0.15, -0.1) is 0 Å². The zero-order chi connectivity index (χ0) is 8.39. The second-order valence-electron chi connectivity index (χ2n) is 2.44. The summed E-state index contributed by atoms with van der Waals surface area (Å²) in [6, 6.07) is 0. The van der Waals surface area contributed by atoms with E-state index in [1.54, 1.807) is 6.08 Å². The number of oxazole rings is 1. The normalized spacial score (nSPS) is 13.9. The van der Waals surface area contributed by atoms with Crippen molar-refractivity contribution >= 4 is 17.6 Å². The highest BCUT2D eigenvalue weighted by atomic mass is 16.3. The first-order valence-electron chi connectivity index (χ1n) is 3.84. The topological polar surface area (TPSA) is 38.4 Å². The molecule has 1 aromatic heterocycles. The maximum absolute atomic E-state index is 5.21. The van der Waals surface area contributed by atoms with Crippen molar-refractivity contribution in [1.29, 1.82) is 0 Å². The van der Waals surface area contributed by atoms with Crippen LogP contribution in [-0.2, 0) is 0 Å². The smallest absolute Gasteiger partial charge is 0.182 e. The zero-order valence-corrected chi connectivity index (χ0v) is 6.74. The summed E-state index contributed by atoms with van der Waals surface area (Å²) >= 11 is 0. The van der Waals surface area contributed by atoms with E-state index in [0.717, 1.165) is 22.9 Å². The van der Waals surface area contributed by atoms with Crippen LogP contribution in [0.15, 0.2) is 21.9 Å². The number of aliphatic imine (C=N–C) groups is 1. The summed E-state index contributed by atoms with van der Waals surface area (Å²) in [7, 11) is 0. The van der Waals surface area contributed by atoms with E-state index in [-0.39, 0.29) is 0 Å². The van der Waals surface area contributed by atoms with E-state index in [2.05, 4.69) is 15.8 Å². The van der Waals surface area contributed by atoms with Gasteiger partial charge in [-0.1, -0.05) is 6.92 Å². The Morgan fingerprint density at radius 3 is 3.33 bits per heavy atom. The van der Waals surface area contributed by atoms with Crippen molar-refractivity contribution in [2.75, 3.05) is 0 Å². The molecule has 2 heterocycles. The van der Waals surface area contributed by atoms with Crippen LogP contribution in [-0.4, -0.2) is 10.9 Å². The molecule has 3 nitrogen and oxygen atoms in total. The summed E-state index contributed by atoms with van der Waals surface area (Å²) in [6.45, 7) is 2.03. The maximum atomic E-state index is 5.21. The van der Waals surface area contributed by atoms with E-state index in [0.29, 0.717) is 0 Å². The van der Waals surface area contributed by atoms with Gasteiger partial charge in [0.2, 0.25) is 0 Å². The molecule has 2 rings (SSSR count). The molecule has 0 aliphatic carbocycles. The zero-order valence-electron chi connectivity index (χ0n) is 6.74. The largest absolute Gasteiger partial charge is 0.442 e. The SMILES string of the molecule is CCC1=c2ocnc2=CC=C=N1. The molecule has 0 saturated carbocycles. The van der Waals surface area contributed by atoms with E-state index in [1.807, 2.05) is 13.0 Å². The minimum Gasteiger partial charge on any atom is -0.442 e. The molecule has 0 saturated heterocycles. The molecule has 0 fully saturated rings. The third-order valence-corrected chi connectivity index (χ3v) is 1.71. The minimum atomic E-state index is 0.763. The summed E-state index contributed by atoms with van der Waals surface area (Å²) in [6.07, 6.45) is 5.84. The molecule has 60 valence electrons. The van der Waals surface area contributed by atoms with Gasteiger partial charge in [-0.2, -0.15) is 0 Å². The quantitative estimate of drug-likeness (QED) is 0.589. The number of aromatic nitrogens is 1. The molecule has 1 aromatic rings. The van der Waals surface area contributed by atoms with Crippen LogP contribution in [0.4, 0.5) is 0 Å². The van der Waals surface area contributed by atoms with E-state index in [1.165, 1.54) is 6.39 Å². The Bertz CT molecular complexity index is 461. The Labute approximate surface area is 69.5 Å². The van der Waals surface area contributed by atoms with Crippen molar-refractivity contribution in [2.45, 2.75) is 13.3 Å². The fourth-order valence-corrected chi connectivity index (χ4v) is 1.11. The predicted octanol–water partition coefficient (Wildman–Crippen LogP) is 0.213. The van der Waals surface area contributed by atoms with Crippen LogP contribution in [0.1, 0.15) is 13.3 Å². The molecule has 3 heteroatoms. The molecule has 0 unspecified atom stereocenters. The molecule has 12 heavy (non-hydrogen) atoms. The van der Waals surface area contributed by atoms with E-state index in [9.17, 15) is 0 Å². The van der Waals surface area contributed by atoms with Gasteiger partial charge in [0.15, 0.2) is 11.8 Å². The van der Waals surface area contributed by atoms with Crippen molar-refractivity contribution in [3.05, 3.63) is 23.2 Å². The average Bonchev–Trinajstić information content (AvgIpc) is 2.46. The van der Waals surface area contributed by atoms with Crippen LogP contribution in [0.3, 0.4) is 0 Å². The second-order valence-corrected chi connectivity index (χ2v) is 2.44. The highest BCUT2D eigenvalue weighted by Crippen LogP contribution is 1.98. The van der Waals surface area contributed by atoms with Crippen LogP contribution in [0.5, 0.6) is 0 Å². The van der Waals surface area contributed by atoms with Gasteiger partial charge in [0.05, 0.1) is 5.70 Å². The van der Waals surface area contributed by atoms with Gasteiger partial charge in [0, 0.05) is 6.08 Å². The average molecular weight is 160 g/mol. The summed E-state index contributed by atoms with van der Waals surface area (Å²) in [4.78, 5) is 8.14. The molecule has 0 bridgehead atoms. The van der Waals surface area contributed by atoms with Crippen molar-refractivity contribution < 1.29 is 4.42 Å². The molecular formula is C9H8N2O. The molecule has 1 aliphatic rings. The number of nitrogens with zero attached hydrogens (tertiary/aromatic N) is 2. The Balaban J connectivity index is 2.88. The number of rotatable bonds is 1. The third-order valence-electron chi connectivity index (χ3n) is 1.71. The Hall–Kier alpha value is -1.60. The Morgan fingerprint density at radius 2 is 2.50 bits per heavy atom. The van der Waals surface area contributed by atoms with Crippen molar-refractivity contribution in [3.63, 3.8) is 0 Å². The van der Waals surface area contributed by atoms with Crippen LogP contribution in [0.2, 0.25) is 0 Å². The highest BCUT2D eigenvalue weighted by molar-refractivity contribution is 5.69. The van der Waals surface area contributed by atoms with Crippen LogP contribution < -0.4 is 10.8 Å². The highest BCUT2D eigenvalue weighted by Gasteiger charge is 1.99. The van der Waals surface area contributed by atoms with Crippen molar-refractivity contribution in [2.24, 2.45) is 4.99 Å². The number of fused-ring (bicyclic) bond motifs is 1. The predicted molar refractivity (Wildman–Crippen MR) is 45.9 cm³/mol. The van der Waals surface area contributed by atoms with Crippen LogP contribution in [0, 0.1) is 0 Å². The van der Waals surface area contributed by atoms with Gasteiger partial charge in [-0.05, 0) is 18.4 Å². The van der Waals surface area contributed by atoms with Gasteiger partial charge in [-0.3, -0.25) is 0 Å². The molecule has 0 radical (unpaired) electrons. The lowest BCUT2D eigenvalue weighted by molar-refractivity contribution is 0.520. The van der Waals surface area contributed by atoms with Gasteiger partial charge < -0.3 is 4.42 Å². The summed E-state index contributed by atoms with van der Waals surface area (Å²) in [5.41, 5.74) is 1.66. The summed E-state index contributed by atoms with van der Waals surface area (Å²) in [5.74, 6) is 2.79. The molecule has 1 aliphatic heterocycles. The third kappa shape index (κ3) is 1.00. The first kappa shape index (κ1) is 7.07. The molecule has 0 spiro atoms. The van der Waals surface area contributed by atoms with E-state index in [4.69, 9.17) is 4.42 Å². The first-order valence-corrected chi connectivity index (χ1v) is 3.84. The minimum absolute atomic E-state index is 0.763. The maximum Gasteiger partial charge on any atom is 0.182 e. The molecule has 0 amide bonds. The number of hydrogen-bond acceptors (Lipinski definition) is 3. The second kappa shape index (κ2) is 2.80. The lowest BCUT2D eigenvalue weighted by Gasteiger charge is -1.87. The molecule has 0 aromatic carbocycles. The fourth-order valence-electron chi connectivity index (χ4n) is 1.11. The molecule has 0 atom stereocenters. The van der Waals surface area contributed by atoms with Gasteiger partial charge in [0.25, 0.3) is 0 Å². The van der Waals surface area contributed by atoms with Crippen LogP contribution >= 0.6 is 0 Å². The van der Waals surface area contributed by atoms with Crippen molar-refractivity contribution in [3.8, 4) is 0 Å². The Kier molecular flexibility index (Phi) is 1.65. The fraction of sp³-hybridized carbons (Fsp3) is 0.222. The lowest BCUT2D eigenvalue weighted by atomic mass is 10.3. The lowest BCUT2D eigenvalue weighted by Crippen LogP contribution is -2.23. The Morgan fingerprint density at radius 1 is 1.58 bits per heavy atom. The van der Waals surface area contributed by atoms with E-state index >= 15 is 0 Å². The standard InChI is InChI=1S/C9H8N2O/c1-2-7-9-8(11-6-12-9)4-3-5-10-7/h3-4,6H,2H2,1H3. The number of hydrogen-bond donors (Lipinski definition) is 0.